The van der Waals surface area contributed by atoms with Crippen LogP contribution in [0.15, 0.2) is 170 Å². The van der Waals surface area contributed by atoms with E-state index in [9.17, 15) is 0 Å². The Bertz CT molecular complexity index is 2530. The molecule has 9 aromatic rings. The van der Waals surface area contributed by atoms with Gasteiger partial charge in [0, 0.05) is 33.0 Å². The maximum absolute atomic E-state index is 5.21. The summed E-state index contributed by atoms with van der Waals surface area (Å²) < 4.78 is 2.39. The molecule has 0 saturated carbocycles. The van der Waals surface area contributed by atoms with E-state index in [2.05, 4.69) is 174 Å². The van der Waals surface area contributed by atoms with Crippen LogP contribution < -0.4 is 0 Å². The van der Waals surface area contributed by atoms with Gasteiger partial charge in [-0.1, -0.05) is 140 Å². The van der Waals surface area contributed by atoms with Gasteiger partial charge < -0.3 is 4.57 Å². The average Bonchev–Trinajstić information content (AvgIpc) is 3.56. The summed E-state index contributed by atoms with van der Waals surface area (Å²) in [5.41, 5.74) is 10.4. The van der Waals surface area contributed by atoms with E-state index >= 15 is 0 Å². The van der Waals surface area contributed by atoms with Crippen LogP contribution in [0.3, 0.4) is 0 Å². The summed E-state index contributed by atoms with van der Waals surface area (Å²) in [7, 11) is 0. The first-order valence-electron chi connectivity index (χ1n) is 15.4. The van der Waals surface area contributed by atoms with Crippen LogP contribution in [0.25, 0.3) is 82.7 Å². The molecule has 2 heterocycles. The molecule has 2 heteroatoms. The molecule has 0 bridgehead atoms. The number of aromatic nitrogens is 2. The quantitative estimate of drug-likeness (QED) is 0.151. The number of benzene rings is 7. The van der Waals surface area contributed by atoms with Crippen molar-refractivity contribution < 1.29 is 0 Å². The van der Waals surface area contributed by atoms with Crippen molar-refractivity contribution in [2.24, 2.45) is 0 Å². The van der Waals surface area contributed by atoms with E-state index in [0.29, 0.717) is 0 Å². The normalized spacial score (nSPS) is 11.6. The zero-order valence-electron chi connectivity index (χ0n) is 24.6. The highest BCUT2D eigenvalue weighted by atomic mass is 15.0. The van der Waals surface area contributed by atoms with Gasteiger partial charge in [0.2, 0.25) is 0 Å². The molecular weight excluding hydrogens is 544 g/mol. The molecule has 210 valence electrons. The van der Waals surface area contributed by atoms with Gasteiger partial charge in [-0.3, -0.25) is 0 Å². The molecule has 0 aliphatic carbocycles. The minimum Gasteiger partial charge on any atom is -0.309 e. The summed E-state index contributed by atoms with van der Waals surface area (Å²) in [5.74, 6) is 0. The summed E-state index contributed by atoms with van der Waals surface area (Å²) in [6, 6.07) is 60.9. The van der Waals surface area contributed by atoms with Gasteiger partial charge in [0.15, 0.2) is 0 Å². The van der Waals surface area contributed by atoms with Crippen LogP contribution in [0, 0.1) is 0 Å². The lowest BCUT2D eigenvalue weighted by Gasteiger charge is -2.18. The predicted octanol–water partition coefficient (Wildman–Crippen LogP) is 11.5. The molecule has 0 amide bonds. The van der Waals surface area contributed by atoms with Crippen molar-refractivity contribution in [2.45, 2.75) is 0 Å². The fourth-order valence-electron chi connectivity index (χ4n) is 6.99. The number of hydrogen-bond acceptors (Lipinski definition) is 1. The maximum Gasteiger partial charge on any atom is 0.0794 e. The molecule has 9 rings (SSSR count). The molecule has 0 aliphatic rings. The lowest BCUT2D eigenvalue weighted by atomic mass is 9.89. The molecule has 0 radical (unpaired) electrons. The van der Waals surface area contributed by atoms with E-state index < -0.39 is 0 Å². The molecule has 0 unspecified atom stereocenters. The Labute approximate surface area is 261 Å². The SMILES string of the molecule is c1ccc(-c2ccc(-c3ccc(-c4c5ccccc5nc5c4ccc4ccccc45)c4ccccc34)n2-c2ccccc2)cc1. The number of hydrogen-bond donors (Lipinski definition) is 0. The van der Waals surface area contributed by atoms with Crippen LogP contribution in [0.5, 0.6) is 0 Å². The fraction of sp³-hybridized carbons (Fsp3) is 0. The van der Waals surface area contributed by atoms with Crippen molar-refractivity contribution in [2.75, 3.05) is 0 Å². The minimum absolute atomic E-state index is 1.01. The van der Waals surface area contributed by atoms with Crippen LogP contribution in [0.4, 0.5) is 0 Å². The molecule has 0 N–H and O–H groups in total. The second-order valence-corrected chi connectivity index (χ2v) is 11.5. The second kappa shape index (κ2) is 10.3. The summed E-state index contributed by atoms with van der Waals surface area (Å²) in [6.07, 6.45) is 0. The maximum atomic E-state index is 5.21. The summed E-state index contributed by atoms with van der Waals surface area (Å²) >= 11 is 0. The molecular formula is C43H28N2. The highest BCUT2D eigenvalue weighted by Crippen LogP contribution is 2.43. The molecule has 0 spiro atoms. The van der Waals surface area contributed by atoms with Crippen LogP contribution in [0.2, 0.25) is 0 Å². The third kappa shape index (κ3) is 4.07. The van der Waals surface area contributed by atoms with E-state index in [0.717, 1.165) is 22.1 Å². The van der Waals surface area contributed by atoms with Gasteiger partial charge >= 0.3 is 0 Å². The van der Waals surface area contributed by atoms with Gasteiger partial charge in [-0.05, 0) is 57.6 Å². The molecule has 0 aliphatic heterocycles. The van der Waals surface area contributed by atoms with Crippen molar-refractivity contribution in [3.05, 3.63) is 170 Å². The monoisotopic (exact) mass is 572 g/mol. The Morgan fingerprint density at radius 2 is 0.978 bits per heavy atom. The van der Waals surface area contributed by atoms with E-state index in [1.54, 1.807) is 0 Å². The number of nitrogens with zero attached hydrogens (tertiary/aromatic N) is 2. The van der Waals surface area contributed by atoms with Crippen molar-refractivity contribution in [3.8, 4) is 39.3 Å². The number of pyridine rings is 1. The van der Waals surface area contributed by atoms with Crippen molar-refractivity contribution >= 4 is 43.4 Å². The van der Waals surface area contributed by atoms with Gasteiger partial charge in [-0.2, -0.15) is 0 Å². The summed E-state index contributed by atoms with van der Waals surface area (Å²) in [6.45, 7) is 0. The zero-order valence-corrected chi connectivity index (χ0v) is 24.6. The Morgan fingerprint density at radius 3 is 1.78 bits per heavy atom. The van der Waals surface area contributed by atoms with Crippen molar-refractivity contribution in [3.63, 3.8) is 0 Å². The molecule has 2 nitrogen and oxygen atoms in total. The highest BCUT2D eigenvalue weighted by molar-refractivity contribution is 6.20. The lowest BCUT2D eigenvalue weighted by molar-refractivity contribution is 1.10. The average molecular weight is 573 g/mol. The highest BCUT2D eigenvalue weighted by Gasteiger charge is 2.19. The number of rotatable bonds is 4. The first-order valence-corrected chi connectivity index (χ1v) is 15.4. The fourth-order valence-corrected chi connectivity index (χ4v) is 6.99. The van der Waals surface area contributed by atoms with Gasteiger partial charge in [0.25, 0.3) is 0 Å². The Kier molecular flexibility index (Phi) is 5.85. The molecule has 0 saturated heterocycles. The first kappa shape index (κ1) is 25.5. The predicted molar refractivity (Wildman–Crippen MR) is 190 cm³/mol. The van der Waals surface area contributed by atoms with Crippen LogP contribution in [-0.2, 0) is 0 Å². The summed E-state index contributed by atoms with van der Waals surface area (Å²) in [5, 5.41) is 7.16. The van der Waals surface area contributed by atoms with Gasteiger partial charge in [-0.25, -0.2) is 4.98 Å². The van der Waals surface area contributed by atoms with Crippen LogP contribution in [0.1, 0.15) is 0 Å². The van der Waals surface area contributed by atoms with Gasteiger partial charge in [-0.15, -0.1) is 0 Å². The summed E-state index contributed by atoms with van der Waals surface area (Å²) in [4.78, 5) is 5.21. The largest absolute Gasteiger partial charge is 0.309 e. The molecule has 2 aromatic heterocycles. The Morgan fingerprint density at radius 1 is 0.378 bits per heavy atom. The molecule has 0 atom stereocenters. The van der Waals surface area contributed by atoms with E-state index in [1.165, 1.54) is 60.6 Å². The lowest BCUT2D eigenvalue weighted by Crippen LogP contribution is -2.00. The minimum atomic E-state index is 1.01. The third-order valence-corrected chi connectivity index (χ3v) is 9.01. The van der Waals surface area contributed by atoms with Gasteiger partial charge in [0.05, 0.1) is 22.4 Å². The Balaban J connectivity index is 1.35. The number of fused-ring (bicyclic) bond motifs is 5. The second-order valence-electron chi connectivity index (χ2n) is 11.5. The third-order valence-electron chi connectivity index (χ3n) is 9.01. The van der Waals surface area contributed by atoms with Crippen molar-refractivity contribution in [1.82, 2.24) is 9.55 Å². The standard InChI is InChI=1S/C43H28N2/c1-3-14-30(15-4-1)40-27-28-41(45(40)31-16-5-2-6-17-31)35-25-26-36(34-20-10-9-19-33(34)35)42-37-21-11-12-22-39(37)44-43-32-18-8-7-13-29(32)23-24-38(42)43/h1-28H. The smallest absolute Gasteiger partial charge is 0.0794 e. The topological polar surface area (TPSA) is 17.8 Å². The molecule has 45 heavy (non-hydrogen) atoms. The van der Waals surface area contributed by atoms with Crippen LogP contribution >= 0.6 is 0 Å². The van der Waals surface area contributed by atoms with Gasteiger partial charge in [0.1, 0.15) is 0 Å². The number of para-hydroxylation sites is 2. The Hall–Kier alpha value is -5.99. The van der Waals surface area contributed by atoms with E-state index in [4.69, 9.17) is 4.98 Å². The van der Waals surface area contributed by atoms with Crippen LogP contribution in [-0.4, -0.2) is 9.55 Å². The van der Waals surface area contributed by atoms with E-state index in [-0.39, 0.29) is 0 Å². The zero-order chi connectivity index (χ0) is 29.7. The van der Waals surface area contributed by atoms with Crippen molar-refractivity contribution in [1.29, 1.82) is 0 Å². The molecule has 7 aromatic carbocycles. The molecule has 0 fully saturated rings. The van der Waals surface area contributed by atoms with E-state index in [1.807, 2.05) is 0 Å². The first-order chi connectivity index (χ1) is 22.3.